The highest BCUT2D eigenvalue weighted by Gasteiger charge is 2.38. The zero-order valence-electron chi connectivity index (χ0n) is 24.5. The Balaban J connectivity index is 1.47. The first-order valence-corrected chi connectivity index (χ1v) is 14.0. The second kappa shape index (κ2) is 14.6. The van der Waals surface area contributed by atoms with Crippen LogP contribution in [-0.2, 0) is 15.6 Å². The minimum atomic E-state index is -3.94. The Morgan fingerprint density at radius 1 is 0.886 bits per heavy atom. The zero-order chi connectivity index (χ0) is 31.7. The van der Waals surface area contributed by atoms with Gasteiger partial charge in [0.25, 0.3) is 0 Å². The van der Waals surface area contributed by atoms with Gasteiger partial charge in [-0.05, 0) is 98.0 Å². The van der Waals surface area contributed by atoms with E-state index in [0.29, 0.717) is 23.5 Å². The molecular weight excluding hydrogens is 576 g/mol. The van der Waals surface area contributed by atoms with E-state index in [1.54, 1.807) is 62.4 Å². The molecule has 0 amide bonds. The number of methoxy groups -OCH3 is 1. The predicted octanol–water partition coefficient (Wildman–Crippen LogP) is 8.88. The SMILES string of the molecule is CCOC(=O)C(CCC=Cc1cc(OC)ccc1OC(F)(F)c1ccc(C)cc1F)Oc1ccc(-c2ccc(F)cc2)cc1. The lowest BCUT2D eigenvalue weighted by Crippen LogP contribution is -2.29. The molecule has 230 valence electrons. The van der Waals surface area contributed by atoms with Gasteiger partial charge in [0.2, 0.25) is 0 Å². The lowest BCUT2D eigenvalue weighted by molar-refractivity contribution is -0.187. The summed E-state index contributed by atoms with van der Waals surface area (Å²) in [6.45, 7) is 3.45. The number of rotatable bonds is 13. The van der Waals surface area contributed by atoms with Crippen molar-refractivity contribution >= 4 is 12.0 Å². The van der Waals surface area contributed by atoms with Crippen LogP contribution in [0.15, 0.2) is 91.0 Å². The fraction of sp³-hybridized carbons (Fsp3) is 0.229. The van der Waals surface area contributed by atoms with E-state index in [1.807, 2.05) is 0 Å². The number of ether oxygens (including phenoxy) is 4. The largest absolute Gasteiger partial charge is 0.497 e. The van der Waals surface area contributed by atoms with E-state index in [0.717, 1.165) is 23.3 Å². The minimum Gasteiger partial charge on any atom is -0.497 e. The van der Waals surface area contributed by atoms with Gasteiger partial charge in [-0.15, -0.1) is 0 Å². The molecule has 0 fully saturated rings. The molecule has 0 saturated heterocycles. The van der Waals surface area contributed by atoms with Gasteiger partial charge < -0.3 is 18.9 Å². The standard InChI is InChI=1S/C35H32F4O5/c1-4-42-34(40)33(43-28-16-12-25(13-17-28)24-10-14-27(36)15-11-24)8-6-5-7-26-22-29(41-3)18-20-32(26)44-35(38,39)30-19-9-23(2)21-31(30)37/h5,7,9-22,33H,4,6,8H2,1-3H3. The van der Waals surface area contributed by atoms with Crippen molar-refractivity contribution in [2.75, 3.05) is 13.7 Å². The molecule has 4 aromatic carbocycles. The molecule has 1 atom stereocenters. The minimum absolute atomic E-state index is 0.165. The molecule has 0 aliphatic heterocycles. The van der Waals surface area contributed by atoms with Crippen LogP contribution in [0.3, 0.4) is 0 Å². The van der Waals surface area contributed by atoms with Crippen LogP contribution in [0.2, 0.25) is 0 Å². The molecule has 0 aliphatic carbocycles. The van der Waals surface area contributed by atoms with E-state index in [-0.39, 0.29) is 30.2 Å². The van der Waals surface area contributed by atoms with Crippen molar-refractivity contribution in [3.05, 3.63) is 119 Å². The highest BCUT2D eigenvalue weighted by atomic mass is 19.3. The third-order valence-corrected chi connectivity index (χ3v) is 6.65. The average molecular weight is 609 g/mol. The number of benzene rings is 4. The van der Waals surface area contributed by atoms with Crippen molar-refractivity contribution in [1.82, 2.24) is 0 Å². The lowest BCUT2D eigenvalue weighted by Gasteiger charge is -2.20. The van der Waals surface area contributed by atoms with Gasteiger partial charge in [-0.3, -0.25) is 0 Å². The molecule has 9 heteroatoms. The topological polar surface area (TPSA) is 54.0 Å². The number of allylic oxidation sites excluding steroid dienone is 1. The Hall–Kier alpha value is -4.79. The van der Waals surface area contributed by atoms with Crippen LogP contribution in [-0.4, -0.2) is 25.8 Å². The number of carbonyl (C=O) groups is 1. The summed E-state index contributed by atoms with van der Waals surface area (Å²) in [5.41, 5.74) is 1.56. The summed E-state index contributed by atoms with van der Waals surface area (Å²) in [4.78, 5) is 12.7. The van der Waals surface area contributed by atoms with E-state index in [4.69, 9.17) is 18.9 Å². The van der Waals surface area contributed by atoms with Crippen molar-refractivity contribution in [3.63, 3.8) is 0 Å². The first-order valence-electron chi connectivity index (χ1n) is 14.0. The molecule has 0 radical (unpaired) electrons. The summed E-state index contributed by atoms with van der Waals surface area (Å²) >= 11 is 0. The number of hydrogen-bond acceptors (Lipinski definition) is 5. The number of esters is 1. The second-order valence-electron chi connectivity index (χ2n) is 9.88. The van der Waals surface area contributed by atoms with E-state index in [9.17, 15) is 22.4 Å². The van der Waals surface area contributed by atoms with Gasteiger partial charge in [-0.1, -0.05) is 42.5 Å². The Labute approximate surface area is 253 Å². The second-order valence-corrected chi connectivity index (χ2v) is 9.88. The molecule has 0 spiro atoms. The van der Waals surface area contributed by atoms with Crippen LogP contribution < -0.4 is 14.2 Å². The average Bonchev–Trinajstić information content (AvgIpc) is 3.00. The van der Waals surface area contributed by atoms with Gasteiger partial charge in [0, 0.05) is 5.56 Å². The number of hydrogen-bond donors (Lipinski definition) is 0. The number of carbonyl (C=O) groups excluding carboxylic acids is 1. The van der Waals surface area contributed by atoms with Crippen molar-refractivity contribution in [2.45, 2.75) is 38.9 Å². The normalized spacial score (nSPS) is 12.2. The number of aryl methyl sites for hydroxylation is 1. The fourth-order valence-electron chi connectivity index (χ4n) is 4.38. The summed E-state index contributed by atoms with van der Waals surface area (Å²) in [6, 6.07) is 20.8. The van der Waals surface area contributed by atoms with Crippen LogP contribution >= 0.6 is 0 Å². The van der Waals surface area contributed by atoms with E-state index in [2.05, 4.69) is 0 Å². The molecule has 4 aromatic rings. The summed E-state index contributed by atoms with van der Waals surface area (Å²) in [5, 5.41) is 0. The van der Waals surface area contributed by atoms with Crippen LogP contribution in [0.4, 0.5) is 17.6 Å². The van der Waals surface area contributed by atoms with E-state index in [1.165, 1.54) is 43.5 Å². The first-order chi connectivity index (χ1) is 21.1. The molecule has 0 heterocycles. The number of halogens is 4. The molecule has 5 nitrogen and oxygen atoms in total. The maximum absolute atomic E-state index is 15.0. The quantitative estimate of drug-likeness (QED) is 0.112. The van der Waals surface area contributed by atoms with Crippen molar-refractivity contribution in [3.8, 4) is 28.4 Å². The third-order valence-electron chi connectivity index (χ3n) is 6.65. The van der Waals surface area contributed by atoms with Crippen molar-refractivity contribution in [2.24, 2.45) is 0 Å². The van der Waals surface area contributed by atoms with Crippen LogP contribution in [0.5, 0.6) is 17.2 Å². The fourth-order valence-corrected chi connectivity index (χ4v) is 4.38. The van der Waals surface area contributed by atoms with Crippen molar-refractivity contribution in [1.29, 1.82) is 0 Å². The maximum atomic E-state index is 15.0. The van der Waals surface area contributed by atoms with Crippen LogP contribution in [0, 0.1) is 18.6 Å². The Morgan fingerprint density at radius 3 is 2.18 bits per heavy atom. The first kappa shape index (κ1) is 32.1. The Bertz CT molecular complexity index is 1580. The molecule has 0 bridgehead atoms. The smallest absolute Gasteiger partial charge is 0.429 e. The van der Waals surface area contributed by atoms with Crippen LogP contribution in [0.25, 0.3) is 17.2 Å². The molecule has 0 N–H and O–H groups in total. The van der Waals surface area contributed by atoms with E-state index >= 15 is 0 Å². The zero-order valence-corrected chi connectivity index (χ0v) is 24.5. The van der Waals surface area contributed by atoms with Crippen LogP contribution in [0.1, 0.15) is 36.5 Å². The van der Waals surface area contributed by atoms with Gasteiger partial charge in [0.15, 0.2) is 6.10 Å². The Kier molecular flexibility index (Phi) is 10.7. The van der Waals surface area contributed by atoms with Gasteiger partial charge >= 0.3 is 12.1 Å². The summed E-state index contributed by atoms with van der Waals surface area (Å²) < 4.78 is 78.9. The predicted molar refractivity (Wildman–Crippen MR) is 160 cm³/mol. The van der Waals surface area contributed by atoms with E-state index < -0.39 is 29.6 Å². The summed E-state index contributed by atoms with van der Waals surface area (Å²) in [6.07, 6.45) is -1.11. The van der Waals surface area contributed by atoms with Crippen molar-refractivity contribution < 1.29 is 41.3 Å². The molecule has 1 unspecified atom stereocenters. The van der Waals surface area contributed by atoms with Gasteiger partial charge in [-0.25, -0.2) is 13.6 Å². The summed E-state index contributed by atoms with van der Waals surface area (Å²) in [7, 11) is 1.44. The molecule has 0 aromatic heterocycles. The molecule has 0 saturated carbocycles. The number of alkyl halides is 2. The molecule has 4 rings (SSSR count). The van der Waals surface area contributed by atoms with Gasteiger partial charge in [-0.2, -0.15) is 8.78 Å². The Morgan fingerprint density at radius 2 is 1.55 bits per heavy atom. The molecule has 0 aliphatic rings. The molecule has 44 heavy (non-hydrogen) atoms. The highest BCUT2D eigenvalue weighted by molar-refractivity contribution is 5.75. The van der Waals surface area contributed by atoms with Gasteiger partial charge in [0.05, 0.1) is 19.3 Å². The summed E-state index contributed by atoms with van der Waals surface area (Å²) in [5.74, 6) is -1.30. The highest BCUT2D eigenvalue weighted by Crippen LogP contribution is 2.36. The monoisotopic (exact) mass is 608 g/mol. The lowest BCUT2D eigenvalue weighted by atomic mass is 10.1. The van der Waals surface area contributed by atoms with Gasteiger partial charge in [0.1, 0.15) is 28.9 Å². The third kappa shape index (κ3) is 8.40. The molecular formula is C35H32F4O5. The maximum Gasteiger partial charge on any atom is 0.429 e.